The average Bonchev–Trinajstić information content (AvgIpc) is 3.10. The molecule has 3 aromatic rings. The van der Waals surface area contributed by atoms with Crippen LogP contribution in [0.4, 0.5) is 10.5 Å². The number of carbonyl (C=O) groups is 3. The Morgan fingerprint density at radius 3 is 2.50 bits per heavy atom. The van der Waals surface area contributed by atoms with E-state index in [-0.39, 0.29) is 11.3 Å². The van der Waals surface area contributed by atoms with E-state index in [0.29, 0.717) is 12.4 Å². The first-order valence-corrected chi connectivity index (χ1v) is 9.76. The summed E-state index contributed by atoms with van der Waals surface area (Å²) in [5.74, 6) is -1.02. The van der Waals surface area contributed by atoms with Crippen LogP contribution >= 0.6 is 0 Å². The molecule has 1 aliphatic rings. The van der Waals surface area contributed by atoms with Crippen molar-refractivity contribution in [3.63, 3.8) is 0 Å². The number of benzene rings is 2. The van der Waals surface area contributed by atoms with E-state index in [1.165, 1.54) is 6.08 Å². The maximum Gasteiger partial charge on any atom is 0.336 e. The Hall–Kier alpha value is -3.87. The molecule has 0 saturated carbocycles. The minimum Gasteiger partial charge on any atom is -0.492 e. The Labute approximate surface area is 173 Å². The summed E-state index contributed by atoms with van der Waals surface area (Å²) < 4.78 is 7.60. The van der Waals surface area contributed by atoms with Crippen LogP contribution in [0.5, 0.6) is 5.75 Å². The second-order valence-corrected chi connectivity index (χ2v) is 6.75. The van der Waals surface area contributed by atoms with Gasteiger partial charge < -0.3 is 9.30 Å². The van der Waals surface area contributed by atoms with Gasteiger partial charge in [0.2, 0.25) is 0 Å². The molecule has 152 valence electrons. The summed E-state index contributed by atoms with van der Waals surface area (Å²) in [6.45, 7) is 4.95. The smallest absolute Gasteiger partial charge is 0.336 e. The molecular formula is C23H21N3O4. The number of aryl methyl sites for hydroxylation is 1. The number of carbonyl (C=O) groups excluding carboxylic acids is 3. The van der Waals surface area contributed by atoms with Crippen LogP contribution in [0.15, 0.2) is 60.3 Å². The van der Waals surface area contributed by atoms with E-state index >= 15 is 0 Å². The van der Waals surface area contributed by atoms with Gasteiger partial charge in [0.25, 0.3) is 11.8 Å². The Morgan fingerprint density at radius 2 is 1.73 bits per heavy atom. The number of imide groups is 2. The van der Waals surface area contributed by atoms with Gasteiger partial charge in [-0.1, -0.05) is 30.3 Å². The molecule has 1 saturated heterocycles. The predicted molar refractivity (Wildman–Crippen MR) is 114 cm³/mol. The molecule has 1 aliphatic heterocycles. The largest absolute Gasteiger partial charge is 0.492 e. The summed E-state index contributed by atoms with van der Waals surface area (Å²) in [5, 5.41) is 3.19. The highest BCUT2D eigenvalue weighted by atomic mass is 16.5. The lowest BCUT2D eigenvalue weighted by atomic mass is 10.1. The molecule has 1 N–H and O–H groups in total. The number of nitrogens with one attached hydrogen (secondary N) is 1. The number of ether oxygens (including phenoxy) is 1. The van der Waals surface area contributed by atoms with Crippen molar-refractivity contribution in [1.29, 1.82) is 0 Å². The Bertz CT molecular complexity index is 1190. The Kier molecular flexibility index (Phi) is 5.10. The van der Waals surface area contributed by atoms with Crippen molar-refractivity contribution >= 4 is 40.5 Å². The fraction of sp³-hybridized carbons (Fsp3) is 0.174. The molecular weight excluding hydrogens is 382 g/mol. The van der Waals surface area contributed by atoms with Crippen LogP contribution in [0.1, 0.15) is 19.4 Å². The maximum absolute atomic E-state index is 13.2. The lowest BCUT2D eigenvalue weighted by Gasteiger charge is -2.27. The highest BCUT2D eigenvalue weighted by molar-refractivity contribution is 6.39. The molecule has 4 rings (SSSR count). The second-order valence-electron chi connectivity index (χ2n) is 6.75. The summed E-state index contributed by atoms with van der Waals surface area (Å²) in [6, 6.07) is 13.7. The monoisotopic (exact) mass is 403 g/mol. The molecule has 7 heteroatoms. The molecule has 4 amide bonds. The van der Waals surface area contributed by atoms with Crippen LogP contribution in [0.25, 0.3) is 17.0 Å². The van der Waals surface area contributed by atoms with E-state index in [9.17, 15) is 14.4 Å². The summed E-state index contributed by atoms with van der Waals surface area (Å²) in [6.07, 6.45) is 3.43. The van der Waals surface area contributed by atoms with Crippen LogP contribution < -0.4 is 15.0 Å². The zero-order valence-corrected chi connectivity index (χ0v) is 16.7. The normalized spacial score (nSPS) is 15.7. The number of hydrogen-bond acceptors (Lipinski definition) is 4. The van der Waals surface area contributed by atoms with Crippen molar-refractivity contribution in [3.8, 4) is 5.75 Å². The summed E-state index contributed by atoms with van der Waals surface area (Å²) in [4.78, 5) is 39.2. The molecule has 0 spiro atoms. The molecule has 7 nitrogen and oxygen atoms in total. The van der Waals surface area contributed by atoms with E-state index in [1.54, 1.807) is 24.3 Å². The van der Waals surface area contributed by atoms with Crippen molar-refractivity contribution in [2.45, 2.75) is 20.4 Å². The SMILES string of the molecule is CCOc1ccccc1N1C(=O)NC(=O)/C(=C\c2cn(CC)c3ccccc23)C1=O. The summed E-state index contributed by atoms with van der Waals surface area (Å²) in [7, 11) is 0. The topological polar surface area (TPSA) is 80.6 Å². The fourth-order valence-electron chi connectivity index (χ4n) is 3.60. The molecule has 2 aromatic carbocycles. The van der Waals surface area contributed by atoms with Gasteiger partial charge in [-0.15, -0.1) is 0 Å². The number of rotatable bonds is 5. The molecule has 0 bridgehead atoms. The number of fused-ring (bicyclic) bond motifs is 1. The number of anilines is 1. The Balaban J connectivity index is 1.81. The van der Waals surface area contributed by atoms with Gasteiger partial charge in [0.15, 0.2) is 0 Å². The zero-order chi connectivity index (χ0) is 21.3. The molecule has 1 fully saturated rings. The predicted octanol–water partition coefficient (Wildman–Crippen LogP) is 3.73. The number of aromatic nitrogens is 1. The van der Waals surface area contributed by atoms with Crippen LogP contribution in [0.3, 0.4) is 0 Å². The van der Waals surface area contributed by atoms with Gasteiger partial charge in [0, 0.05) is 29.2 Å². The number of para-hydroxylation sites is 3. The lowest BCUT2D eigenvalue weighted by Crippen LogP contribution is -2.54. The molecule has 30 heavy (non-hydrogen) atoms. The Morgan fingerprint density at radius 1 is 1.00 bits per heavy atom. The van der Waals surface area contributed by atoms with E-state index in [2.05, 4.69) is 5.32 Å². The number of barbiturate groups is 1. The maximum atomic E-state index is 13.2. The van der Waals surface area contributed by atoms with Crippen molar-refractivity contribution in [1.82, 2.24) is 9.88 Å². The number of nitrogens with zero attached hydrogens (tertiary/aromatic N) is 2. The second kappa shape index (κ2) is 7.87. The highest BCUT2D eigenvalue weighted by Crippen LogP contribution is 2.32. The molecule has 2 heterocycles. The third-order valence-electron chi connectivity index (χ3n) is 4.97. The lowest BCUT2D eigenvalue weighted by molar-refractivity contribution is -0.122. The van der Waals surface area contributed by atoms with Crippen LogP contribution in [-0.2, 0) is 16.1 Å². The molecule has 1 aromatic heterocycles. The van der Waals surface area contributed by atoms with Gasteiger partial charge in [-0.3, -0.25) is 14.9 Å². The highest BCUT2D eigenvalue weighted by Gasteiger charge is 2.38. The van der Waals surface area contributed by atoms with E-state index in [1.807, 2.05) is 48.9 Å². The van der Waals surface area contributed by atoms with Crippen LogP contribution in [-0.4, -0.2) is 29.0 Å². The minimum absolute atomic E-state index is 0.111. The van der Waals surface area contributed by atoms with Crippen molar-refractivity contribution in [3.05, 3.63) is 65.9 Å². The third kappa shape index (κ3) is 3.24. The third-order valence-corrected chi connectivity index (χ3v) is 4.97. The van der Waals surface area contributed by atoms with E-state index in [0.717, 1.165) is 27.9 Å². The molecule has 0 aliphatic carbocycles. The van der Waals surface area contributed by atoms with Gasteiger partial charge in [0.1, 0.15) is 11.3 Å². The zero-order valence-electron chi connectivity index (χ0n) is 16.7. The van der Waals surface area contributed by atoms with Gasteiger partial charge in [-0.2, -0.15) is 0 Å². The van der Waals surface area contributed by atoms with Gasteiger partial charge in [-0.05, 0) is 38.1 Å². The van der Waals surface area contributed by atoms with E-state index in [4.69, 9.17) is 4.74 Å². The van der Waals surface area contributed by atoms with Crippen molar-refractivity contribution in [2.75, 3.05) is 11.5 Å². The molecule has 0 atom stereocenters. The number of hydrogen-bond donors (Lipinski definition) is 1. The van der Waals surface area contributed by atoms with Crippen molar-refractivity contribution < 1.29 is 19.1 Å². The van der Waals surface area contributed by atoms with E-state index < -0.39 is 17.8 Å². The molecule has 0 radical (unpaired) electrons. The van der Waals surface area contributed by atoms with Gasteiger partial charge in [-0.25, -0.2) is 9.69 Å². The van der Waals surface area contributed by atoms with Crippen LogP contribution in [0, 0.1) is 0 Å². The summed E-state index contributed by atoms with van der Waals surface area (Å²) in [5.41, 5.74) is 1.92. The van der Waals surface area contributed by atoms with Crippen LogP contribution in [0.2, 0.25) is 0 Å². The first kappa shape index (κ1) is 19.4. The number of amides is 4. The minimum atomic E-state index is -0.801. The van der Waals surface area contributed by atoms with Gasteiger partial charge >= 0.3 is 6.03 Å². The van der Waals surface area contributed by atoms with Gasteiger partial charge in [0.05, 0.1) is 12.3 Å². The average molecular weight is 403 g/mol. The first-order valence-electron chi connectivity index (χ1n) is 9.76. The fourth-order valence-corrected chi connectivity index (χ4v) is 3.60. The van der Waals surface area contributed by atoms with Crippen molar-refractivity contribution in [2.24, 2.45) is 0 Å². The number of urea groups is 1. The molecule has 0 unspecified atom stereocenters. The summed E-state index contributed by atoms with van der Waals surface area (Å²) >= 11 is 0. The standard InChI is InChI=1S/C23H21N3O4/c1-3-25-14-15(16-9-5-6-10-18(16)25)13-17-21(27)24-23(29)26(22(17)28)19-11-7-8-12-20(19)30-4-2/h5-14H,3-4H2,1-2H3,(H,24,27,29)/b17-13+. The quantitative estimate of drug-likeness (QED) is 0.520. The first-order chi connectivity index (χ1) is 14.5.